The predicted octanol–water partition coefficient (Wildman–Crippen LogP) is 2.73. The van der Waals surface area contributed by atoms with E-state index < -0.39 is 5.79 Å². The second-order valence-electron chi connectivity index (χ2n) is 6.90. The van der Waals surface area contributed by atoms with Gasteiger partial charge in [-0.25, -0.2) is 0 Å². The fourth-order valence-electron chi connectivity index (χ4n) is 3.51. The minimum atomic E-state index is -0.429. The van der Waals surface area contributed by atoms with Gasteiger partial charge in [0.25, 0.3) is 0 Å². The van der Waals surface area contributed by atoms with Crippen molar-refractivity contribution >= 4 is 5.91 Å². The SMILES string of the molecule is COc1ccc(CC(=O)N2CCC3(CC2)OCCO3)cc1C(C)C. The molecule has 0 saturated carbocycles. The van der Waals surface area contributed by atoms with Crippen molar-refractivity contribution in [1.29, 1.82) is 0 Å². The number of carbonyl (C=O) groups is 1. The van der Waals surface area contributed by atoms with Crippen molar-refractivity contribution in [2.75, 3.05) is 33.4 Å². The van der Waals surface area contributed by atoms with Gasteiger partial charge in [-0.05, 0) is 23.1 Å². The molecule has 0 atom stereocenters. The first-order valence-electron chi connectivity index (χ1n) is 8.75. The van der Waals surface area contributed by atoms with Crippen LogP contribution < -0.4 is 4.74 Å². The largest absolute Gasteiger partial charge is 0.496 e. The zero-order valence-corrected chi connectivity index (χ0v) is 14.8. The van der Waals surface area contributed by atoms with Crippen LogP contribution in [0, 0.1) is 0 Å². The summed E-state index contributed by atoms with van der Waals surface area (Å²) in [5.74, 6) is 0.989. The molecule has 1 aromatic carbocycles. The number of amides is 1. The summed E-state index contributed by atoms with van der Waals surface area (Å²) in [6.45, 7) is 7.00. The maximum Gasteiger partial charge on any atom is 0.226 e. The summed E-state index contributed by atoms with van der Waals surface area (Å²) in [5, 5.41) is 0. The third-order valence-electron chi connectivity index (χ3n) is 4.96. The Bertz CT molecular complexity index is 583. The monoisotopic (exact) mass is 333 g/mol. The third kappa shape index (κ3) is 3.57. The van der Waals surface area contributed by atoms with Crippen LogP contribution in [0.5, 0.6) is 5.75 Å². The van der Waals surface area contributed by atoms with E-state index >= 15 is 0 Å². The summed E-state index contributed by atoms with van der Waals surface area (Å²) in [6, 6.07) is 6.04. The Morgan fingerprint density at radius 3 is 2.50 bits per heavy atom. The molecule has 2 aliphatic rings. The summed E-state index contributed by atoms with van der Waals surface area (Å²) < 4.78 is 16.9. The van der Waals surface area contributed by atoms with Crippen molar-refractivity contribution in [2.45, 2.75) is 44.8 Å². The number of piperidine rings is 1. The van der Waals surface area contributed by atoms with Gasteiger partial charge in [-0.15, -0.1) is 0 Å². The molecule has 0 unspecified atom stereocenters. The van der Waals surface area contributed by atoms with Gasteiger partial charge in [0.1, 0.15) is 5.75 Å². The number of benzene rings is 1. The molecule has 0 N–H and O–H groups in total. The van der Waals surface area contributed by atoms with Gasteiger partial charge in [-0.2, -0.15) is 0 Å². The number of rotatable bonds is 4. The van der Waals surface area contributed by atoms with E-state index in [2.05, 4.69) is 19.9 Å². The molecule has 5 nitrogen and oxygen atoms in total. The molecule has 2 fully saturated rings. The van der Waals surface area contributed by atoms with E-state index in [1.54, 1.807) is 7.11 Å². The molecule has 0 bridgehead atoms. The molecule has 1 aromatic rings. The number of ether oxygens (including phenoxy) is 3. The van der Waals surface area contributed by atoms with Crippen molar-refractivity contribution in [3.63, 3.8) is 0 Å². The van der Waals surface area contributed by atoms with E-state index in [-0.39, 0.29) is 5.91 Å². The second kappa shape index (κ2) is 7.11. The Balaban J connectivity index is 1.62. The fourth-order valence-corrected chi connectivity index (χ4v) is 3.51. The third-order valence-corrected chi connectivity index (χ3v) is 4.96. The highest BCUT2D eigenvalue weighted by atomic mass is 16.7. The van der Waals surface area contributed by atoms with Crippen LogP contribution in [0.2, 0.25) is 0 Å². The van der Waals surface area contributed by atoms with Gasteiger partial charge in [-0.3, -0.25) is 4.79 Å². The molecule has 1 amide bonds. The van der Waals surface area contributed by atoms with Crippen molar-refractivity contribution in [2.24, 2.45) is 0 Å². The molecule has 2 heterocycles. The molecule has 5 heteroatoms. The van der Waals surface area contributed by atoms with Gasteiger partial charge in [0.2, 0.25) is 5.91 Å². The first-order chi connectivity index (χ1) is 11.5. The van der Waals surface area contributed by atoms with Gasteiger partial charge in [0.05, 0.1) is 26.7 Å². The summed E-state index contributed by atoms with van der Waals surface area (Å²) >= 11 is 0. The maximum absolute atomic E-state index is 12.6. The molecule has 3 rings (SSSR count). The van der Waals surface area contributed by atoms with Gasteiger partial charge in [-0.1, -0.05) is 26.0 Å². The van der Waals surface area contributed by atoms with Crippen LogP contribution in [0.4, 0.5) is 0 Å². The van der Waals surface area contributed by atoms with E-state index in [4.69, 9.17) is 14.2 Å². The van der Waals surface area contributed by atoms with Gasteiger partial charge < -0.3 is 19.1 Å². The highest BCUT2D eigenvalue weighted by Gasteiger charge is 2.40. The Kier molecular flexibility index (Phi) is 5.11. The van der Waals surface area contributed by atoms with E-state index in [0.717, 1.165) is 29.7 Å². The molecule has 0 aromatic heterocycles. The first kappa shape index (κ1) is 17.2. The molecular weight excluding hydrogens is 306 g/mol. The lowest BCUT2D eigenvalue weighted by molar-refractivity contribution is -0.187. The summed E-state index contributed by atoms with van der Waals surface area (Å²) in [5.41, 5.74) is 2.19. The van der Waals surface area contributed by atoms with Crippen LogP contribution in [0.25, 0.3) is 0 Å². The minimum absolute atomic E-state index is 0.169. The number of likely N-dealkylation sites (tertiary alicyclic amines) is 1. The topological polar surface area (TPSA) is 48.0 Å². The Morgan fingerprint density at radius 1 is 1.25 bits per heavy atom. The molecule has 24 heavy (non-hydrogen) atoms. The van der Waals surface area contributed by atoms with Crippen LogP contribution >= 0.6 is 0 Å². The Labute approximate surface area is 143 Å². The standard InChI is InChI=1S/C19H27NO4/c1-14(2)16-12-15(4-5-17(16)22-3)13-18(21)20-8-6-19(7-9-20)23-10-11-24-19/h4-5,12,14H,6-11,13H2,1-3H3. The summed E-state index contributed by atoms with van der Waals surface area (Å²) in [4.78, 5) is 14.5. The normalized spacial score (nSPS) is 19.9. The van der Waals surface area contributed by atoms with E-state index in [9.17, 15) is 4.79 Å². The molecule has 132 valence electrons. The maximum atomic E-state index is 12.6. The van der Waals surface area contributed by atoms with Crippen LogP contribution in [-0.2, 0) is 20.7 Å². The van der Waals surface area contributed by atoms with E-state index in [1.807, 2.05) is 17.0 Å². The van der Waals surface area contributed by atoms with Gasteiger partial charge in [0, 0.05) is 25.9 Å². The number of hydrogen-bond acceptors (Lipinski definition) is 4. The lowest BCUT2D eigenvalue weighted by atomic mass is 9.97. The van der Waals surface area contributed by atoms with Crippen LogP contribution in [0.15, 0.2) is 18.2 Å². The summed E-state index contributed by atoms with van der Waals surface area (Å²) in [7, 11) is 1.68. The van der Waals surface area contributed by atoms with Crippen molar-refractivity contribution in [3.05, 3.63) is 29.3 Å². The quantitative estimate of drug-likeness (QED) is 0.850. The Hall–Kier alpha value is -1.59. The van der Waals surface area contributed by atoms with Crippen LogP contribution in [-0.4, -0.2) is 50.0 Å². The highest BCUT2D eigenvalue weighted by molar-refractivity contribution is 5.79. The Morgan fingerprint density at radius 2 is 1.92 bits per heavy atom. The van der Waals surface area contributed by atoms with Crippen LogP contribution in [0.1, 0.15) is 43.7 Å². The van der Waals surface area contributed by atoms with E-state index in [1.165, 1.54) is 0 Å². The fraction of sp³-hybridized carbons (Fsp3) is 0.632. The van der Waals surface area contributed by atoms with Crippen molar-refractivity contribution in [3.8, 4) is 5.75 Å². The smallest absolute Gasteiger partial charge is 0.226 e. The zero-order chi connectivity index (χ0) is 17.2. The predicted molar refractivity (Wildman–Crippen MR) is 91.2 cm³/mol. The molecule has 1 spiro atoms. The minimum Gasteiger partial charge on any atom is -0.496 e. The molecule has 2 aliphatic heterocycles. The number of nitrogens with zero attached hydrogens (tertiary/aromatic N) is 1. The van der Waals surface area contributed by atoms with Gasteiger partial charge >= 0.3 is 0 Å². The average Bonchev–Trinajstić information content (AvgIpc) is 3.03. The van der Waals surface area contributed by atoms with Crippen molar-refractivity contribution < 1.29 is 19.0 Å². The lowest BCUT2D eigenvalue weighted by Gasteiger charge is -2.37. The number of methoxy groups -OCH3 is 1. The molecular formula is C19H27NO4. The zero-order valence-electron chi connectivity index (χ0n) is 14.8. The molecule has 2 saturated heterocycles. The van der Waals surface area contributed by atoms with Crippen molar-refractivity contribution in [1.82, 2.24) is 4.90 Å². The molecule has 0 radical (unpaired) electrons. The van der Waals surface area contributed by atoms with Gasteiger partial charge in [0.15, 0.2) is 5.79 Å². The average molecular weight is 333 g/mol. The lowest BCUT2D eigenvalue weighted by Crippen LogP contribution is -2.47. The number of carbonyl (C=O) groups excluding carboxylic acids is 1. The first-order valence-corrected chi connectivity index (χ1v) is 8.75. The number of hydrogen-bond donors (Lipinski definition) is 0. The summed E-state index contributed by atoms with van der Waals surface area (Å²) in [6.07, 6.45) is 1.95. The highest BCUT2D eigenvalue weighted by Crippen LogP contribution is 2.32. The van der Waals surface area contributed by atoms with E-state index in [0.29, 0.717) is 38.6 Å². The molecule has 0 aliphatic carbocycles. The second-order valence-corrected chi connectivity index (χ2v) is 6.90. The van der Waals surface area contributed by atoms with Crippen LogP contribution in [0.3, 0.4) is 0 Å².